The van der Waals surface area contributed by atoms with Gasteiger partial charge in [-0.3, -0.25) is 9.69 Å². The first-order valence-electron chi connectivity index (χ1n) is 8.88. The fourth-order valence-electron chi connectivity index (χ4n) is 4.15. The van der Waals surface area contributed by atoms with Gasteiger partial charge >= 0.3 is 0 Å². The van der Waals surface area contributed by atoms with Gasteiger partial charge in [0, 0.05) is 16.6 Å². The second-order valence-corrected chi connectivity index (χ2v) is 7.35. The van der Waals surface area contributed by atoms with Crippen LogP contribution in [0.2, 0.25) is 5.02 Å². The van der Waals surface area contributed by atoms with Crippen molar-refractivity contribution in [1.82, 2.24) is 4.90 Å². The molecule has 0 N–H and O–H groups in total. The number of carbonyl (C=O) groups is 1. The summed E-state index contributed by atoms with van der Waals surface area (Å²) in [6, 6.07) is 18.5. The van der Waals surface area contributed by atoms with Crippen molar-refractivity contribution < 1.29 is 4.79 Å². The van der Waals surface area contributed by atoms with Crippen LogP contribution < -0.4 is 0 Å². The van der Waals surface area contributed by atoms with Crippen LogP contribution in [0.1, 0.15) is 54.1 Å². The van der Waals surface area contributed by atoms with Crippen molar-refractivity contribution in [3.05, 3.63) is 70.7 Å². The van der Waals surface area contributed by atoms with E-state index in [1.165, 1.54) is 37.7 Å². The molecular formula is C21H22ClNO. The van der Waals surface area contributed by atoms with Crippen molar-refractivity contribution in [2.24, 2.45) is 0 Å². The number of ketones is 1. The molecule has 0 spiro atoms. The Morgan fingerprint density at radius 2 is 1.58 bits per heavy atom. The van der Waals surface area contributed by atoms with Crippen molar-refractivity contribution in [2.45, 2.75) is 50.2 Å². The number of rotatable bonds is 4. The topological polar surface area (TPSA) is 20.1 Å². The lowest BCUT2D eigenvalue weighted by Crippen LogP contribution is -2.26. The number of hydrogen-bond donors (Lipinski definition) is 0. The SMILES string of the molecule is O=C(c1ccc(Cl)cc1)[C@@H]1[C@@H](c2ccccc2)N1C1CCCCC1. The van der Waals surface area contributed by atoms with Gasteiger partial charge in [-0.2, -0.15) is 0 Å². The van der Waals surface area contributed by atoms with E-state index >= 15 is 0 Å². The van der Waals surface area contributed by atoms with Crippen LogP contribution in [0.3, 0.4) is 0 Å². The lowest BCUT2D eigenvalue weighted by molar-refractivity contribution is 0.0963. The second kappa shape index (κ2) is 6.70. The summed E-state index contributed by atoms with van der Waals surface area (Å²) < 4.78 is 0. The van der Waals surface area contributed by atoms with Gasteiger partial charge in [0.25, 0.3) is 0 Å². The van der Waals surface area contributed by atoms with Gasteiger partial charge in [0.1, 0.15) is 0 Å². The van der Waals surface area contributed by atoms with Crippen LogP contribution >= 0.6 is 11.6 Å². The molecule has 4 rings (SSSR count). The highest BCUT2D eigenvalue weighted by Crippen LogP contribution is 2.49. The molecule has 1 saturated carbocycles. The van der Waals surface area contributed by atoms with Crippen LogP contribution in [0.4, 0.5) is 0 Å². The minimum atomic E-state index is -0.0170. The molecule has 1 unspecified atom stereocenters. The maximum atomic E-state index is 13.1. The van der Waals surface area contributed by atoms with Crippen LogP contribution in [0.25, 0.3) is 0 Å². The lowest BCUT2D eigenvalue weighted by atomic mass is 9.95. The van der Waals surface area contributed by atoms with Crippen molar-refractivity contribution in [1.29, 1.82) is 0 Å². The van der Waals surface area contributed by atoms with Crippen LogP contribution in [-0.4, -0.2) is 22.8 Å². The molecule has 0 bridgehead atoms. The van der Waals surface area contributed by atoms with Crippen LogP contribution in [0.5, 0.6) is 0 Å². The number of nitrogens with zero attached hydrogens (tertiary/aromatic N) is 1. The highest BCUT2D eigenvalue weighted by molar-refractivity contribution is 6.30. The summed E-state index contributed by atoms with van der Waals surface area (Å²) >= 11 is 5.96. The largest absolute Gasteiger partial charge is 0.292 e. The van der Waals surface area contributed by atoms with Crippen molar-refractivity contribution in [3.8, 4) is 0 Å². The molecule has 2 fully saturated rings. The van der Waals surface area contributed by atoms with Gasteiger partial charge in [-0.05, 0) is 42.7 Å². The zero-order valence-electron chi connectivity index (χ0n) is 13.7. The van der Waals surface area contributed by atoms with Crippen molar-refractivity contribution in [2.75, 3.05) is 0 Å². The van der Waals surface area contributed by atoms with Gasteiger partial charge in [0.2, 0.25) is 0 Å². The molecule has 124 valence electrons. The molecule has 1 saturated heterocycles. The minimum absolute atomic E-state index is 0.0170. The Hall–Kier alpha value is -1.64. The first-order chi connectivity index (χ1) is 11.8. The highest BCUT2D eigenvalue weighted by Gasteiger charge is 2.55. The molecule has 0 radical (unpaired) electrons. The molecule has 1 aliphatic heterocycles. The minimum Gasteiger partial charge on any atom is -0.292 e. The van der Waals surface area contributed by atoms with Gasteiger partial charge in [-0.25, -0.2) is 0 Å². The zero-order valence-corrected chi connectivity index (χ0v) is 14.5. The van der Waals surface area contributed by atoms with Gasteiger partial charge < -0.3 is 0 Å². The van der Waals surface area contributed by atoms with Gasteiger partial charge in [-0.1, -0.05) is 61.2 Å². The Morgan fingerprint density at radius 1 is 0.917 bits per heavy atom. The highest BCUT2D eigenvalue weighted by atomic mass is 35.5. The lowest BCUT2D eigenvalue weighted by Gasteiger charge is -2.24. The predicted octanol–water partition coefficient (Wildman–Crippen LogP) is 5.28. The van der Waals surface area contributed by atoms with E-state index in [1.54, 1.807) is 12.1 Å². The van der Waals surface area contributed by atoms with E-state index in [1.807, 2.05) is 18.2 Å². The molecule has 3 heteroatoms. The van der Waals surface area contributed by atoms with Gasteiger partial charge in [0.15, 0.2) is 5.78 Å². The third-order valence-corrected chi connectivity index (χ3v) is 5.64. The molecule has 24 heavy (non-hydrogen) atoms. The summed E-state index contributed by atoms with van der Waals surface area (Å²) in [5.41, 5.74) is 2.03. The Morgan fingerprint density at radius 3 is 2.25 bits per heavy atom. The quantitative estimate of drug-likeness (QED) is 0.557. The third kappa shape index (κ3) is 3.01. The summed E-state index contributed by atoms with van der Waals surface area (Å²) in [5.74, 6) is 0.228. The molecule has 0 amide bonds. The molecule has 2 aliphatic rings. The zero-order chi connectivity index (χ0) is 16.5. The second-order valence-electron chi connectivity index (χ2n) is 6.91. The molecular weight excluding hydrogens is 318 g/mol. The fraction of sp³-hybridized carbons (Fsp3) is 0.381. The van der Waals surface area contributed by atoms with E-state index in [0.29, 0.717) is 11.1 Å². The first kappa shape index (κ1) is 15.9. The van der Waals surface area contributed by atoms with Gasteiger partial charge in [0.05, 0.1) is 12.1 Å². The number of halogens is 1. The molecule has 1 aliphatic carbocycles. The van der Waals surface area contributed by atoms with E-state index in [9.17, 15) is 4.79 Å². The molecule has 2 aromatic rings. The van der Waals surface area contributed by atoms with Crippen LogP contribution in [-0.2, 0) is 0 Å². The van der Waals surface area contributed by atoms with Crippen molar-refractivity contribution in [3.63, 3.8) is 0 Å². The van der Waals surface area contributed by atoms with E-state index in [2.05, 4.69) is 29.2 Å². The number of benzene rings is 2. The third-order valence-electron chi connectivity index (χ3n) is 5.39. The monoisotopic (exact) mass is 339 g/mol. The van der Waals surface area contributed by atoms with E-state index in [0.717, 1.165) is 5.56 Å². The Balaban J connectivity index is 1.61. The van der Waals surface area contributed by atoms with Crippen molar-refractivity contribution >= 4 is 17.4 Å². The van der Waals surface area contributed by atoms with Crippen LogP contribution in [0, 0.1) is 0 Å². The van der Waals surface area contributed by atoms with Crippen LogP contribution in [0.15, 0.2) is 54.6 Å². The molecule has 3 atom stereocenters. The first-order valence-corrected chi connectivity index (χ1v) is 9.25. The maximum absolute atomic E-state index is 13.1. The maximum Gasteiger partial charge on any atom is 0.181 e. The smallest absolute Gasteiger partial charge is 0.181 e. The normalized spacial score (nSPS) is 27.0. The molecule has 1 heterocycles. The number of Topliss-reactive ketones (excluding diaryl/α,β-unsaturated/α-hetero) is 1. The average Bonchev–Trinajstić information content (AvgIpc) is 3.39. The number of carbonyl (C=O) groups excluding carboxylic acids is 1. The molecule has 2 nitrogen and oxygen atoms in total. The standard InChI is InChI=1S/C21H22ClNO/c22-17-13-11-16(12-14-17)21(24)20-19(15-7-3-1-4-8-15)23(20)18-9-5-2-6-10-18/h1,3-4,7-8,11-14,18-20H,2,5-6,9-10H2/t19-,20+,23?/m1/s1. The summed E-state index contributed by atoms with van der Waals surface area (Å²) in [6.45, 7) is 0. The summed E-state index contributed by atoms with van der Waals surface area (Å²) in [7, 11) is 0. The summed E-state index contributed by atoms with van der Waals surface area (Å²) in [4.78, 5) is 15.5. The van der Waals surface area contributed by atoms with E-state index in [4.69, 9.17) is 11.6 Å². The van der Waals surface area contributed by atoms with Gasteiger partial charge in [-0.15, -0.1) is 0 Å². The van der Waals surface area contributed by atoms with E-state index < -0.39 is 0 Å². The Bertz CT molecular complexity index is 706. The summed E-state index contributed by atoms with van der Waals surface area (Å²) in [6.07, 6.45) is 6.33. The molecule has 0 aromatic heterocycles. The Kier molecular flexibility index (Phi) is 4.43. The summed E-state index contributed by atoms with van der Waals surface area (Å²) in [5, 5.41) is 0.672. The molecule has 2 aromatic carbocycles. The predicted molar refractivity (Wildman–Crippen MR) is 97.5 cm³/mol. The van der Waals surface area contributed by atoms with E-state index in [-0.39, 0.29) is 17.9 Å². The average molecular weight is 340 g/mol. The number of hydrogen-bond acceptors (Lipinski definition) is 2. The fourth-order valence-corrected chi connectivity index (χ4v) is 4.28. The Labute approximate surface area is 148 Å².